The maximum absolute atomic E-state index is 13.1. The molecule has 0 aliphatic carbocycles. The third-order valence-electron chi connectivity index (χ3n) is 5.10. The van der Waals surface area contributed by atoms with Gasteiger partial charge >= 0.3 is 0 Å². The number of methoxy groups -OCH3 is 1. The lowest BCUT2D eigenvalue weighted by atomic mass is 10.3. The number of ether oxygens (including phenoxy) is 3. The Labute approximate surface area is 199 Å². The predicted octanol–water partition coefficient (Wildman–Crippen LogP) is 1.13. The van der Waals surface area contributed by atoms with Crippen molar-refractivity contribution in [3.05, 3.63) is 42.5 Å². The average molecular weight is 514 g/mol. The fourth-order valence-corrected chi connectivity index (χ4v) is 5.27. The molecule has 13 heteroatoms. The molecule has 0 atom stereocenters. The first-order valence-electron chi connectivity index (χ1n) is 10.2. The molecular weight excluding hydrogens is 486 g/mol. The highest BCUT2D eigenvalue weighted by molar-refractivity contribution is 7.92. The summed E-state index contributed by atoms with van der Waals surface area (Å²) in [6.07, 6.45) is 1.10. The minimum Gasteiger partial charge on any atom is -0.495 e. The second-order valence-electron chi connectivity index (χ2n) is 7.44. The van der Waals surface area contributed by atoms with Crippen LogP contribution in [0.5, 0.6) is 11.5 Å². The summed E-state index contributed by atoms with van der Waals surface area (Å²) in [5.74, 6) is 0.0308. The van der Waals surface area contributed by atoms with Gasteiger partial charge < -0.3 is 19.5 Å². The van der Waals surface area contributed by atoms with Gasteiger partial charge in [-0.1, -0.05) is 0 Å². The number of morpholine rings is 1. The Kier molecular flexibility index (Phi) is 8.02. The number of anilines is 2. The van der Waals surface area contributed by atoms with Crippen LogP contribution in [0.3, 0.4) is 0 Å². The SMILES string of the molecule is COc1ccc(NC(=O)COc2ccc(N(C)S(C)(=O)=O)cc2)cc1S(=O)(=O)N1CCOCC1. The van der Waals surface area contributed by atoms with Crippen LogP contribution in [-0.4, -0.2) is 80.4 Å². The maximum Gasteiger partial charge on any atom is 0.262 e. The molecule has 1 aliphatic heterocycles. The highest BCUT2D eigenvalue weighted by Gasteiger charge is 2.29. The Hall–Kier alpha value is -2.87. The molecule has 1 aliphatic rings. The van der Waals surface area contributed by atoms with Crippen LogP contribution in [0.2, 0.25) is 0 Å². The van der Waals surface area contributed by atoms with Crippen molar-refractivity contribution in [1.82, 2.24) is 4.31 Å². The summed E-state index contributed by atoms with van der Waals surface area (Å²) in [5, 5.41) is 2.61. The quantitative estimate of drug-likeness (QED) is 0.528. The lowest BCUT2D eigenvalue weighted by Crippen LogP contribution is -2.40. The van der Waals surface area contributed by atoms with E-state index in [-0.39, 0.29) is 36.0 Å². The first kappa shape index (κ1) is 25.7. The van der Waals surface area contributed by atoms with E-state index in [4.69, 9.17) is 14.2 Å². The van der Waals surface area contributed by atoms with Crippen molar-refractivity contribution < 1.29 is 35.8 Å². The first-order valence-corrected chi connectivity index (χ1v) is 13.5. The van der Waals surface area contributed by atoms with Gasteiger partial charge in [-0.15, -0.1) is 0 Å². The number of hydrogen-bond donors (Lipinski definition) is 1. The van der Waals surface area contributed by atoms with Crippen LogP contribution in [0, 0.1) is 0 Å². The molecule has 186 valence electrons. The Morgan fingerprint density at radius 1 is 1.09 bits per heavy atom. The second kappa shape index (κ2) is 10.6. The molecule has 1 amide bonds. The number of benzene rings is 2. The van der Waals surface area contributed by atoms with Gasteiger partial charge in [0.05, 0.1) is 32.3 Å². The molecule has 0 unspecified atom stereocenters. The van der Waals surface area contributed by atoms with E-state index in [0.29, 0.717) is 24.7 Å². The van der Waals surface area contributed by atoms with Gasteiger partial charge in [-0.25, -0.2) is 16.8 Å². The first-order chi connectivity index (χ1) is 16.0. The van der Waals surface area contributed by atoms with Gasteiger partial charge in [-0.05, 0) is 42.5 Å². The van der Waals surface area contributed by atoms with Crippen LogP contribution >= 0.6 is 0 Å². The zero-order valence-electron chi connectivity index (χ0n) is 19.1. The molecule has 1 heterocycles. The van der Waals surface area contributed by atoms with Crippen LogP contribution in [0.25, 0.3) is 0 Å². The summed E-state index contributed by atoms with van der Waals surface area (Å²) >= 11 is 0. The molecule has 3 rings (SSSR count). The van der Waals surface area contributed by atoms with Crippen molar-refractivity contribution in [2.45, 2.75) is 4.90 Å². The van der Waals surface area contributed by atoms with E-state index in [1.54, 1.807) is 24.3 Å². The van der Waals surface area contributed by atoms with Crippen LogP contribution in [-0.2, 0) is 29.6 Å². The Morgan fingerprint density at radius 3 is 2.32 bits per heavy atom. The molecule has 1 fully saturated rings. The molecule has 1 saturated heterocycles. The monoisotopic (exact) mass is 513 g/mol. The zero-order valence-corrected chi connectivity index (χ0v) is 20.7. The maximum atomic E-state index is 13.1. The van der Waals surface area contributed by atoms with Gasteiger partial charge in [-0.2, -0.15) is 4.31 Å². The third-order valence-corrected chi connectivity index (χ3v) is 8.23. The van der Waals surface area contributed by atoms with Crippen molar-refractivity contribution >= 4 is 37.3 Å². The van der Waals surface area contributed by atoms with Gasteiger partial charge in [0, 0.05) is 25.8 Å². The lowest BCUT2D eigenvalue weighted by molar-refractivity contribution is -0.118. The number of amides is 1. The fourth-order valence-electron chi connectivity index (χ4n) is 3.17. The number of carbonyl (C=O) groups is 1. The summed E-state index contributed by atoms with van der Waals surface area (Å²) in [5.41, 5.74) is 0.720. The summed E-state index contributed by atoms with van der Waals surface area (Å²) in [7, 11) is -4.42. The second-order valence-corrected chi connectivity index (χ2v) is 11.4. The smallest absolute Gasteiger partial charge is 0.262 e. The van der Waals surface area contributed by atoms with Gasteiger partial charge in [0.1, 0.15) is 16.4 Å². The molecule has 0 radical (unpaired) electrons. The average Bonchev–Trinajstić information content (AvgIpc) is 2.82. The lowest BCUT2D eigenvalue weighted by Gasteiger charge is -2.26. The molecule has 34 heavy (non-hydrogen) atoms. The summed E-state index contributed by atoms with van der Waals surface area (Å²) in [6.45, 7) is 0.740. The van der Waals surface area contributed by atoms with Crippen molar-refractivity contribution in [2.75, 3.05) is 62.9 Å². The highest BCUT2D eigenvalue weighted by atomic mass is 32.2. The molecule has 11 nitrogen and oxygen atoms in total. The third kappa shape index (κ3) is 6.17. The highest BCUT2D eigenvalue weighted by Crippen LogP contribution is 2.30. The standard InChI is InChI=1S/C21H27N3O8S2/c1-23(33(3,26)27)17-5-7-18(8-6-17)32-15-21(25)22-16-4-9-19(30-2)20(14-16)34(28,29)24-10-12-31-13-11-24/h4-9,14H,10-13,15H2,1-3H3,(H,22,25). The molecule has 1 N–H and O–H groups in total. The van der Waals surface area contributed by atoms with Crippen molar-refractivity contribution in [3.63, 3.8) is 0 Å². The number of nitrogens with zero attached hydrogens (tertiary/aromatic N) is 2. The zero-order chi connectivity index (χ0) is 24.9. The molecule has 0 saturated carbocycles. The predicted molar refractivity (Wildman–Crippen MR) is 126 cm³/mol. The van der Waals surface area contributed by atoms with Gasteiger partial charge in [0.25, 0.3) is 5.91 Å². The number of hydrogen-bond acceptors (Lipinski definition) is 8. The van der Waals surface area contributed by atoms with Crippen LogP contribution in [0.1, 0.15) is 0 Å². The van der Waals surface area contributed by atoms with E-state index in [1.807, 2.05) is 0 Å². The molecule has 0 aromatic heterocycles. The van der Waals surface area contributed by atoms with Crippen molar-refractivity contribution in [2.24, 2.45) is 0 Å². The van der Waals surface area contributed by atoms with E-state index in [0.717, 1.165) is 10.6 Å². The van der Waals surface area contributed by atoms with E-state index in [2.05, 4.69) is 5.32 Å². The van der Waals surface area contributed by atoms with Crippen LogP contribution in [0.15, 0.2) is 47.4 Å². The molecule has 2 aromatic carbocycles. The summed E-state index contributed by atoms with van der Waals surface area (Å²) in [6, 6.07) is 10.6. The van der Waals surface area contributed by atoms with E-state index < -0.39 is 26.0 Å². The van der Waals surface area contributed by atoms with Gasteiger partial charge in [-0.3, -0.25) is 9.10 Å². The van der Waals surface area contributed by atoms with Crippen LogP contribution in [0.4, 0.5) is 11.4 Å². The Bertz CT molecular complexity index is 1230. The number of rotatable bonds is 9. The van der Waals surface area contributed by atoms with E-state index >= 15 is 0 Å². The summed E-state index contributed by atoms with van der Waals surface area (Å²) in [4.78, 5) is 12.3. The normalized spacial score (nSPS) is 14.9. The summed E-state index contributed by atoms with van der Waals surface area (Å²) < 4.78 is 67.7. The van der Waals surface area contributed by atoms with Gasteiger partial charge in [0.15, 0.2) is 6.61 Å². The van der Waals surface area contributed by atoms with Crippen LogP contribution < -0.4 is 19.1 Å². The minimum absolute atomic E-state index is 0.0544. The van der Waals surface area contributed by atoms with Crippen molar-refractivity contribution in [1.29, 1.82) is 0 Å². The number of nitrogens with one attached hydrogen (secondary N) is 1. The minimum atomic E-state index is -3.84. The fraction of sp³-hybridized carbons (Fsp3) is 0.381. The van der Waals surface area contributed by atoms with E-state index in [9.17, 15) is 21.6 Å². The molecule has 2 aromatic rings. The molecule has 0 bridgehead atoms. The number of sulfonamides is 2. The molecule has 0 spiro atoms. The molecular formula is C21H27N3O8S2. The van der Waals surface area contributed by atoms with Gasteiger partial charge in [0.2, 0.25) is 20.0 Å². The topological polar surface area (TPSA) is 132 Å². The largest absolute Gasteiger partial charge is 0.495 e. The van der Waals surface area contributed by atoms with E-state index in [1.165, 1.54) is 36.7 Å². The van der Waals surface area contributed by atoms with Crippen molar-refractivity contribution in [3.8, 4) is 11.5 Å². The Balaban J connectivity index is 1.66. The number of carbonyl (C=O) groups excluding carboxylic acids is 1. The Morgan fingerprint density at radius 2 is 1.74 bits per heavy atom.